The standard InChI is InChI=1S/C16H24FNS2/c1-3-8-18-15(16-12(2)19-9-10-20-16)11-13-6-4-5-7-14(13)17/h4-7,12,15-16,18H,3,8-11H2,1-2H3. The molecule has 4 heteroatoms. The fourth-order valence-electron chi connectivity index (χ4n) is 2.63. The molecule has 0 radical (unpaired) electrons. The van der Waals surface area contributed by atoms with E-state index >= 15 is 0 Å². The molecule has 112 valence electrons. The zero-order valence-electron chi connectivity index (χ0n) is 12.3. The summed E-state index contributed by atoms with van der Waals surface area (Å²) in [6, 6.07) is 7.54. The predicted octanol–water partition coefficient (Wildman–Crippen LogP) is 3.97. The van der Waals surface area contributed by atoms with Crippen LogP contribution >= 0.6 is 23.5 Å². The molecule has 3 atom stereocenters. The summed E-state index contributed by atoms with van der Waals surface area (Å²) in [5.74, 6) is 2.38. The van der Waals surface area contributed by atoms with E-state index in [1.54, 1.807) is 12.1 Å². The Morgan fingerprint density at radius 3 is 2.75 bits per heavy atom. The maximum absolute atomic E-state index is 13.9. The molecule has 20 heavy (non-hydrogen) atoms. The molecule has 1 aliphatic heterocycles. The Balaban J connectivity index is 2.08. The smallest absolute Gasteiger partial charge is 0.126 e. The van der Waals surface area contributed by atoms with E-state index in [1.165, 1.54) is 11.5 Å². The molecule has 1 fully saturated rings. The Kier molecular flexibility index (Phi) is 6.72. The summed E-state index contributed by atoms with van der Waals surface area (Å²) in [6.07, 6.45) is 1.90. The van der Waals surface area contributed by atoms with Crippen molar-refractivity contribution < 1.29 is 4.39 Å². The van der Waals surface area contributed by atoms with E-state index in [-0.39, 0.29) is 5.82 Å². The van der Waals surface area contributed by atoms with Crippen LogP contribution in [0.25, 0.3) is 0 Å². The Hall–Kier alpha value is -0.190. The maximum atomic E-state index is 13.9. The zero-order valence-corrected chi connectivity index (χ0v) is 13.9. The zero-order chi connectivity index (χ0) is 14.4. The van der Waals surface area contributed by atoms with Gasteiger partial charge in [0.05, 0.1) is 0 Å². The third-order valence-electron chi connectivity index (χ3n) is 3.69. The number of benzene rings is 1. The van der Waals surface area contributed by atoms with E-state index in [0.717, 1.165) is 24.9 Å². The normalized spacial score (nSPS) is 24.6. The van der Waals surface area contributed by atoms with E-state index in [4.69, 9.17) is 0 Å². The second-order valence-corrected chi connectivity index (χ2v) is 8.04. The predicted molar refractivity (Wildman–Crippen MR) is 90.4 cm³/mol. The largest absolute Gasteiger partial charge is 0.313 e. The van der Waals surface area contributed by atoms with Crippen molar-refractivity contribution in [2.24, 2.45) is 0 Å². The SMILES string of the molecule is CCCNC(Cc1ccccc1F)C1SCCSC1C. The average molecular weight is 314 g/mol. The Labute approximate surface area is 130 Å². The highest BCUT2D eigenvalue weighted by Crippen LogP contribution is 2.34. The molecule has 1 aromatic rings. The molecule has 0 bridgehead atoms. The van der Waals surface area contributed by atoms with Gasteiger partial charge in [-0.2, -0.15) is 23.5 Å². The monoisotopic (exact) mass is 313 g/mol. The average Bonchev–Trinajstić information content (AvgIpc) is 2.46. The van der Waals surface area contributed by atoms with Crippen LogP contribution in [0.5, 0.6) is 0 Å². The van der Waals surface area contributed by atoms with Crippen molar-refractivity contribution >= 4 is 23.5 Å². The van der Waals surface area contributed by atoms with Gasteiger partial charge in [-0.3, -0.25) is 0 Å². The van der Waals surface area contributed by atoms with Gasteiger partial charge in [-0.05, 0) is 31.0 Å². The highest BCUT2D eigenvalue weighted by atomic mass is 32.2. The van der Waals surface area contributed by atoms with Crippen molar-refractivity contribution in [2.45, 2.75) is 43.2 Å². The van der Waals surface area contributed by atoms with Gasteiger partial charge < -0.3 is 5.32 Å². The molecular formula is C16H24FNS2. The molecule has 1 N–H and O–H groups in total. The Bertz CT molecular complexity index is 413. The van der Waals surface area contributed by atoms with Crippen LogP contribution in [0.3, 0.4) is 0 Å². The lowest BCUT2D eigenvalue weighted by molar-refractivity contribution is 0.476. The van der Waals surface area contributed by atoms with E-state index in [1.807, 2.05) is 35.7 Å². The highest BCUT2D eigenvalue weighted by molar-refractivity contribution is 8.07. The van der Waals surface area contributed by atoms with E-state index < -0.39 is 0 Å². The summed E-state index contributed by atoms with van der Waals surface area (Å²) >= 11 is 4.10. The van der Waals surface area contributed by atoms with Crippen molar-refractivity contribution in [3.05, 3.63) is 35.6 Å². The molecule has 0 aliphatic carbocycles. The van der Waals surface area contributed by atoms with Gasteiger partial charge in [0.15, 0.2) is 0 Å². The lowest BCUT2D eigenvalue weighted by atomic mass is 10.0. The first-order valence-corrected chi connectivity index (χ1v) is 9.52. The van der Waals surface area contributed by atoms with Crippen LogP contribution in [-0.2, 0) is 6.42 Å². The lowest BCUT2D eigenvalue weighted by Gasteiger charge is -2.35. The Morgan fingerprint density at radius 2 is 2.05 bits per heavy atom. The van der Waals surface area contributed by atoms with Gasteiger partial charge in [0.1, 0.15) is 5.82 Å². The quantitative estimate of drug-likeness (QED) is 0.853. The van der Waals surface area contributed by atoms with Crippen LogP contribution in [-0.4, -0.2) is 34.6 Å². The molecule has 3 unspecified atom stereocenters. The van der Waals surface area contributed by atoms with Crippen molar-refractivity contribution in [3.63, 3.8) is 0 Å². The number of halogens is 1. The topological polar surface area (TPSA) is 12.0 Å². The number of hydrogen-bond donors (Lipinski definition) is 1. The van der Waals surface area contributed by atoms with Gasteiger partial charge >= 0.3 is 0 Å². The first kappa shape index (κ1) is 16.2. The molecule has 1 aromatic carbocycles. The van der Waals surface area contributed by atoms with Crippen molar-refractivity contribution in [1.29, 1.82) is 0 Å². The highest BCUT2D eigenvalue weighted by Gasteiger charge is 2.30. The number of rotatable bonds is 6. The second kappa shape index (κ2) is 8.30. The number of nitrogens with one attached hydrogen (secondary N) is 1. The van der Waals surface area contributed by atoms with Crippen LogP contribution < -0.4 is 5.32 Å². The molecule has 0 spiro atoms. The third-order valence-corrected chi connectivity index (χ3v) is 6.94. The Morgan fingerprint density at radius 1 is 1.30 bits per heavy atom. The van der Waals surface area contributed by atoms with Crippen LogP contribution in [0, 0.1) is 5.82 Å². The van der Waals surface area contributed by atoms with Gasteiger partial charge in [0, 0.05) is 28.0 Å². The van der Waals surface area contributed by atoms with Gasteiger partial charge in [-0.25, -0.2) is 4.39 Å². The van der Waals surface area contributed by atoms with Crippen LogP contribution in [0.1, 0.15) is 25.8 Å². The maximum Gasteiger partial charge on any atom is 0.126 e. The first-order chi connectivity index (χ1) is 9.72. The van der Waals surface area contributed by atoms with Gasteiger partial charge in [-0.15, -0.1) is 0 Å². The van der Waals surface area contributed by atoms with Crippen LogP contribution in [0.15, 0.2) is 24.3 Å². The van der Waals surface area contributed by atoms with E-state index in [2.05, 4.69) is 19.2 Å². The summed E-state index contributed by atoms with van der Waals surface area (Å²) < 4.78 is 13.9. The second-order valence-electron chi connectivity index (χ2n) is 5.27. The van der Waals surface area contributed by atoms with Gasteiger partial charge in [0.2, 0.25) is 0 Å². The lowest BCUT2D eigenvalue weighted by Crippen LogP contribution is -2.46. The molecule has 0 amide bonds. The van der Waals surface area contributed by atoms with E-state index in [9.17, 15) is 4.39 Å². The molecule has 1 aliphatic rings. The fourth-order valence-corrected chi connectivity index (χ4v) is 5.59. The molecule has 0 saturated carbocycles. The van der Waals surface area contributed by atoms with Crippen LogP contribution in [0.4, 0.5) is 4.39 Å². The summed E-state index contributed by atoms with van der Waals surface area (Å²) in [6.45, 7) is 5.50. The van der Waals surface area contributed by atoms with Crippen molar-refractivity contribution in [2.75, 3.05) is 18.1 Å². The third kappa shape index (κ3) is 4.40. The molecular weight excluding hydrogens is 289 g/mol. The number of hydrogen-bond acceptors (Lipinski definition) is 3. The fraction of sp³-hybridized carbons (Fsp3) is 0.625. The summed E-state index contributed by atoms with van der Waals surface area (Å²) in [7, 11) is 0. The van der Waals surface area contributed by atoms with Gasteiger partial charge in [0.25, 0.3) is 0 Å². The minimum absolute atomic E-state index is 0.0723. The molecule has 1 heterocycles. The summed E-state index contributed by atoms with van der Waals surface area (Å²) in [4.78, 5) is 0. The summed E-state index contributed by atoms with van der Waals surface area (Å²) in [5, 5.41) is 4.85. The van der Waals surface area contributed by atoms with Crippen molar-refractivity contribution in [1.82, 2.24) is 5.32 Å². The molecule has 1 saturated heterocycles. The number of thioether (sulfide) groups is 2. The first-order valence-electron chi connectivity index (χ1n) is 7.42. The van der Waals surface area contributed by atoms with Crippen molar-refractivity contribution in [3.8, 4) is 0 Å². The molecule has 1 nitrogen and oxygen atoms in total. The van der Waals surface area contributed by atoms with Crippen LogP contribution in [0.2, 0.25) is 0 Å². The minimum atomic E-state index is -0.0723. The minimum Gasteiger partial charge on any atom is -0.313 e. The van der Waals surface area contributed by atoms with E-state index in [0.29, 0.717) is 16.5 Å². The summed E-state index contributed by atoms with van der Waals surface area (Å²) in [5.41, 5.74) is 0.837. The molecule has 0 aromatic heterocycles. The van der Waals surface area contributed by atoms with Gasteiger partial charge in [-0.1, -0.05) is 32.0 Å². The molecule has 2 rings (SSSR count).